The number of aliphatic carboxylic acids is 1. The highest BCUT2D eigenvalue weighted by Crippen LogP contribution is 2.31. The number of alkyl halides is 3. The topological polar surface area (TPSA) is 96.5 Å². The summed E-state index contributed by atoms with van der Waals surface area (Å²) in [5, 5.41) is 7.12. The summed E-state index contributed by atoms with van der Waals surface area (Å²) in [6.07, 6.45) is -0.969. The van der Waals surface area contributed by atoms with E-state index in [1.807, 2.05) is 0 Å². The number of benzene rings is 1. The van der Waals surface area contributed by atoms with Gasteiger partial charge in [0.05, 0.1) is 6.04 Å². The fourth-order valence-electron chi connectivity index (χ4n) is 2.95. The van der Waals surface area contributed by atoms with Gasteiger partial charge in [0.15, 0.2) is 11.6 Å². The molecule has 0 unspecified atom stereocenters. The number of anilines is 1. The highest BCUT2D eigenvalue weighted by Gasteiger charge is 2.38. The molecule has 30 heavy (non-hydrogen) atoms. The number of carboxylic acids is 1. The third-order valence-electron chi connectivity index (χ3n) is 4.45. The largest absolute Gasteiger partial charge is 0.490 e. The molecule has 3 rings (SSSR count). The first-order valence-electron chi connectivity index (χ1n) is 8.73. The molecule has 1 aliphatic rings. The van der Waals surface area contributed by atoms with Gasteiger partial charge in [-0.05, 0) is 36.6 Å². The summed E-state index contributed by atoms with van der Waals surface area (Å²) < 4.78 is 59.4. The van der Waals surface area contributed by atoms with Crippen LogP contribution in [-0.4, -0.2) is 40.7 Å². The highest BCUT2D eigenvalue weighted by molar-refractivity contribution is 5.97. The van der Waals surface area contributed by atoms with Gasteiger partial charge in [-0.25, -0.2) is 13.6 Å². The Kier molecular flexibility index (Phi) is 7.43. The zero-order valence-corrected chi connectivity index (χ0v) is 15.4. The summed E-state index contributed by atoms with van der Waals surface area (Å²) in [4.78, 5) is 26.9. The van der Waals surface area contributed by atoms with Crippen molar-refractivity contribution in [3.05, 3.63) is 59.9 Å². The summed E-state index contributed by atoms with van der Waals surface area (Å²) >= 11 is 0. The van der Waals surface area contributed by atoms with E-state index in [4.69, 9.17) is 15.6 Å². The van der Waals surface area contributed by atoms with Gasteiger partial charge in [0.2, 0.25) is 5.91 Å². The van der Waals surface area contributed by atoms with E-state index >= 15 is 0 Å². The fourth-order valence-corrected chi connectivity index (χ4v) is 2.95. The van der Waals surface area contributed by atoms with Crippen molar-refractivity contribution >= 4 is 17.6 Å². The zero-order valence-electron chi connectivity index (χ0n) is 15.4. The molecular formula is C19H18F5N3O3. The predicted octanol–water partition coefficient (Wildman–Crippen LogP) is 3.23. The number of amides is 1. The summed E-state index contributed by atoms with van der Waals surface area (Å²) in [5.74, 6) is -5.01. The SMILES string of the molecule is N[C@@H]1CC[C@@H](c2cccc(F)c2F)CN(c2ccncc2)C1=O.O=C(O)C(F)(F)F. The summed E-state index contributed by atoms with van der Waals surface area (Å²) in [6, 6.07) is 6.90. The Hall–Kier alpha value is -3.08. The van der Waals surface area contributed by atoms with Crippen molar-refractivity contribution < 1.29 is 36.6 Å². The molecule has 162 valence electrons. The first-order chi connectivity index (χ1) is 14.0. The molecule has 2 aromatic rings. The van der Waals surface area contributed by atoms with Crippen molar-refractivity contribution in [3.8, 4) is 0 Å². The van der Waals surface area contributed by atoms with Crippen LogP contribution in [0.25, 0.3) is 0 Å². The number of aromatic nitrogens is 1. The van der Waals surface area contributed by atoms with Crippen LogP contribution in [0.5, 0.6) is 0 Å². The number of pyridine rings is 1. The first kappa shape index (κ1) is 23.2. The van der Waals surface area contributed by atoms with Gasteiger partial charge < -0.3 is 15.7 Å². The Balaban J connectivity index is 0.000000396. The van der Waals surface area contributed by atoms with Crippen molar-refractivity contribution in [2.24, 2.45) is 5.73 Å². The fraction of sp³-hybridized carbons (Fsp3) is 0.316. The Morgan fingerprint density at radius 2 is 1.73 bits per heavy atom. The number of hydrogen-bond donors (Lipinski definition) is 2. The lowest BCUT2D eigenvalue weighted by Crippen LogP contribution is -2.43. The van der Waals surface area contributed by atoms with Gasteiger partial charge >= 0.3 is 12.1 Å². The molecule has 1 aromatic heterocycles. The van der Waals surface area contributed by atoms with Crippen LogP contribution >= 0.6 is 0 Å². The molecule has 3 N–H and O–H groups in total. The van der Waals surface area contributed by atoms with Crippen LogP contribution < -0.4 is 10.6 Å². The van der Waals surface area contributed by atoms with E-state index < -0.39 is 29.8 Å². The van der Waals surface area contributed by atoms with Gasteiger partial charge in [0.1, 0.15) is 0 Å². The second-order valence-corrected chi connectivity index (χ2v) is 6.48. The van der Waals surface area contributed by atoms with Crippen molar-refractivity contribution in [1.29, 1.82) is 0 Å². The lowest BCUT2D eigenvalue weighted by Gasteiger charge is -2.26. The molecule has 0 aliphatic carbocycles. The molecule has 0 saturated carbocycles. The lowest BCUT2D eigenvalue weighted by molar-refractivity contribution is -0.192. The van der Waals surface area contributed by atoms with Gasteiger partial charge in [-0.3, -0.25) is 9.78 Å². The van der Waals surface area contributed by atoms with Crippen LogP contribution in [0.3, 0.4) is 0 Å². The molecule has 1 saturated heterocycles. The number of hydrogen-bond acceptors (Lipinski definition) is 4. The van der Waals surface area contributed by atoms with E-state index in [2.05, 4.69) is 4.98 Å². The van der Waals surface area contributed by atoms with Crippen LogP contribution in [0.1, 0.15) is 24.3 Å². The van der Waals surface area contributed by atoms with E-state index in [1.165, 1.54) is 11.0 Å². The number of carboxylic acid groups (broad SMARTS) is 1. The molecule has 1 aliphatic heterocycles. The van der Waals surface area contributed by atoms with Crippen LogP contribution in [0.15, 0.2) is 42.7 Å². The Labute approximate surface area is 168 Å². The molecule has 0 spiro atoms. The third kappa shape index (κ3) is 5.72. The maximum Gasteiger partial charge on any atom is 0.490 e. The molecule has 1 fully saturated rings. The minimum Gasteiger partial charge on any atom is -0.475 e. The second kappa shape index (κ2) is 9.61. The predicted molar refractivity (Wildman–Crippen MR) is 96.6 cm³/mol. The zero-order chi connectivity index (χ0) is 22.5. The molecule has 1 aromatic carbocycles. The van der Waals surface area contributed by atoms with Gasteiger partial charge in [0.25, 0.3) is 0 Å². The lowest BCUT2D eigenvalue weighted by atomic mass is 9.93. The highest BCUT2D eigenvalue weighted by atomic mass is 19.4. The normalized spacial score (nSPS) is 19.5. The monoisotopic (exact) mass is 431 g/mol. The summed E-state index contributed by atoms with van der Waals surface area (Å²) in [5.41, 5.74) is 6.88. The number of nitrogens with zero attached hydrogens (tertiary/aromatic N) is 2. The smallest absolute Gasteiger partial charge is 0.475 e. The minimum atomic E-state index is -5.08. The number of carbonyl (C=O) groups is 2. The molecular weight excluding hydrogens is 413 g/mol. The Morgan fingerprint density at radius 1 is 1.13 bits per heavy atom. The van der Waals surface area contributed by atoms with Gasteiger partial charge in [-0.15, -0.1) is 0 Å². The van der Waals surface area contributed by atoms with Crippen molar-refractivity contribution in [2.75, 3.05) is 11.4 Å². The van der Waals surface area contributed by atoms with E-state index in [0.29, 0.717) is 18.5 Å². The molecule has 2 atom stereocenters. The molecule has 0 bridgehead atoms. The van der Waals surface area contributed by atoms with E-state index in [9.17, 15) is 26.7 Å². The van der Waals surface area contributed by atoms with Crippen LogP contribution in [0.4, 0.5) is 27.6 Å². The third-order valence-corrected chi connectivity index (χ3v) is 4.45. The summed E-state index contributed by atoms with van der Waals surface area (Å²) in [7, 11) is 0. The van der Waals surface area contributed by atoms with Crippen molar-refractivity contribution in [2.45, 2.75) is 31.0 Å². The van der Waals surface area contributed by atoms with Gasteiger partial charge in [-0.1, -0.05) is 12.1 Å². The van der Waals surface area contributed by atoms with Crippen LogP contribution in [0.2, 0.25) is 0 Å². The second-order valence-electron chi connectivity index (χ2n) is 6.48. The van der Waals surface area contributed by atoms with Crippen LogP contribution in [0, 0.1) is 11.6 Å². The molecule has 1 amide bonds. The van der Waals surface area contributed by atoms with E-state index in [0.717, 1.165) is 6.07 Å². The standard InChI is InChI=1S/C17H17F2N3O.C2HF3O2/c18-14-3-1-2-13(16(14)19)11-4-5-15(20)17(23)22(10-11)12-6-8-21-9-7-12;3-2(4,5)1(6)7/h1-3,6-9,11,15H,4-5,10,20H2;(H,6,7)/t11-,15-;/m1./s1. The van der Waals surface area contributed by atoms with E-state index in [1.54, 1.807) is 30.6 Å². The molecule has 2 heterocycles. The Bertz CT molecular complexity index is 893. The van der Waals surface area contributed by atoms with Crippen LogP contribution in [-0.2, 0) is 9.59 Å². The maximum absolute atomic E-state index is 14.1. The average Bonchev–Trinajstić information content (AvgIpc) is 2.84. The molecule has 0 radical (unpaired) electrons. The maximum atomic E-state index is 14.1. The van der Waals surface area contributed by atoms with Gasteiger partial charge in [0, 0.05) is 30.5 Å². The van der Waals surface area contributed by atoms with Crippen molar-refractivity contribution in [3.63, 3.8) is 0 Å². The number of carbonyl (C=O) groups excluding carboxylic acids is 1. The van der Waals surface area contributed by atoms with Gasteiger partial charge in [-0.2, -0.15) is 13.2 Å². The minimum absolute atomic E-state index is 0.212. The summed E-state index contributed by atoms with van der Waals surface area (Å²) in [6.45, 7) is 0.261. The number of rotatable bonds is 2. The van der Waals surface area contributed by atoms with E-state index in [-0.39, 0.29) is 23.9 Å². The Morgan fingerprint density at radius 3 is 2.30 bits per heavy atom. The average molecular weight is 431 g/mol. The quantitative estimate of drug-likeness (QED) is 0.712. The molecule has 11 heteroatoms. The number of nitrogens with two attached hydrogens (primary N) is 1. The van der Waals surface area contributed by atoms with Crippen molar-refractivity contribution in [1.82, 2.24) is 4.98 Å². The number of halogens is 5. The molecule has 6 nitrogen and oxygen atoms in total. The first-order valence-corrected chi connectivity index (χ1v) is 8.73.